The molecule has 1 aliphatic heterocycles. The zero-order valence-corrected chi connectivity index (χ0v) is 16.2. The van der Waals surface area contributed by atoms with E-state index in [2.05, 4.69) is 10.3 Å². The average Bonchev–Trinajstić information content (AvgIpc) is 3.10. The molecule has 140 valence electrons. The second kappa shape index (κ2) is 7.38. The molecular formula is C19H19N3O3S2. The second-order valence-electron chi connectivity index (χ2n) is 6.43. The fraction of sp³-hybridized carbons (Fsp3) is 0.263. The van der Waals surface area contributed by atoms with Crippen molar-refractivity contribution in [2.45, 2.75) is 24.2 Å². The van der Waals surface area contributed by atoms with Crippen LogP contribution in [0.4, 0.5) is 5.13 Å². The lowest BCUT2D eigenvalue weighted by Crippen LogP contribution is -2.35. The number of piperidine rings is 1. The molecule has 0 unspecified atom stereocenters. The van der Waals surface area contributed by atoms with Gasteiger partial charge < -0.3 is 0 Å². The van der Waals surface area contributed by atoms with Crippen LogP contribution in [0.15, 0.2) is 53.4 Å². The maximum Gasteiger partial charge on any atom is 0.257 e. The summed E-state index contributed by atoms with van der Waals surface area (Å²) in [5, 5.41) is 3.23. The Morgan fingerprint density at radius 1 is 1.04 bits per heavy atom. The minimum absolute atomic E-state index is 0.240. The Bertz CT molecular complexity index is 1070. The first kappa shape index (κ1) is 18.1. The van der Waals surface area contributed by atoms with Crippen molar-refractivity contribution >= 4 is 42.6 Å². The number of fused-ring (bicyclic) bond motifs is 1. The topological polar surface area (TPSA) is 79.4 Å². The molecule has 0 bridgehead atoms. The highest BCUT2D eigenvalue weighted by atomic mass is 32.2. The number of sulfonamides is 1. The van der Waals surface area contributed by atoms with E-state index in [1.807, 2.05) is 6.07 Å². The molecular weight excluding hydrogens is 382 g/mol. The van der Waals surface area contributed by atoms with Crippen LogP contribution in [-0.2, 0) is 10.0 Å². The highest BCUT2D eigenvalue weighted by Gasteiger charge is 2.26. The highest BCUT2D eigenvalue weighted by Crippen LogP contribution is 2.30. The van der Waals surface area contributed by atoms with Crippen LogP contribution >= 0.6 is 11.3 Å². The van der Waals surface area contributed by atoms with Crippen LogP contribution in [0.5, 0.6) is 0 Å². The third kappa shape index (κ3) is 3.73. The van der Waals surface area contributed by atoms with E-state index in [4.69, 9.17) is 0 Å². The molecule has 4 rings (SSSR count). The molecule has 1 aliphatic rings. The number of carbonyl (C=O) groups is 1. The summed E-state index contributed by atoms with van der Waals surface area (Å²) in [5.41, 5.74) is 1.21. The molecule has 0 spiro atoms. The second-order valence-corrected chi connectivity index (χ2v) is 9.40. The summed E-state index contributed by atoms with van der Waals surface area (Å²) in [5.74, 6) is -0.240. The van der Waals surface area contributed by atoms with Crippen molar-refractivity contribution in [1.29, 1.82) is 0 Å². The third-order valence-electron chi connectivity index (χ3n) is 4.57. The van der Waals surface area contributed by atoms with Crippen molar-refractivity contribution < 1.29 is 13.2 Å². The molecule has 0 saturated carbocycles. The van der Waals surface area contributed by atoms with Gasteiger partial charge in [-0.3, -0.25) is 10.1 Å². The van der Waals surface area contributed by atoms with E-state index < -0.39 is 10.0 Å². The SMILES string of the molecule is O=C(Nc1nc2ccc(S(=O)(=O)N3CCCCC3)cc2s1)c1ccccc1. The number of aromatic nitrogens is 1. The number of hydrogen-bond donors (Lipinski definition) is 1. The molecule has 2 aromatic carbocycles. The zero-order chi connectivity index (χ0) is 18.9. The summed E-state index contributed by atoms with van der Waals surface area (Å²) in [6.45, 7) is 1.14. The van der Waals surface area contributed by atoms with E-state index in [1.165, 1.54) is 11.3 Å². The zero-order valence-electron chi connectivity index (χ0n) is 14.6. The minimum Gasteiger partial charge on any atom is -0.298 e. The standard InChI is InChI=1S/C19H19N3O3S2/c23-18(14-7-3-1-4-8-14)21-19-20-16-10-9-15(13-17(16)26-19)27(24,25)22-11-5-2-6-12-22/h1,3-4,7-10,13H,2,5-6,11-12H2,(H,20,21,23). The van der Waals surface area contributed by atoms with Gasteiger partial charge in [0.2, 0.25) is 10.0 Å². The number of nitrogens with one attached hydrogen (secondary N) is 1. The summed E-state index contributed by atoms with van der Waals surface area (Å²) in [7, 11) is -3.49. The van der Waals surface area contributed by atoms with Gasteiger partial charge >= 0.3 is 0 Å². The number of nitrogens with zero attached hydrogens (tertiary/aromatic N) is 2. The number of anilines is 1. The van der Waals surface area contributed by atoms with Crippen LogP contribution in [0.3, 0.4) is 0 Å². The molecule has 1 aromatic heterocycles. The van der Waals surface area contributed by atoms with Crippen LogP contribution in [0.25, 0.3) is 10.2 Å². The molecule has 8 heteroatoms. The van der Waals surface area contributed by atoms with E-state index >= 15 is 0 Å². The highest BCUT2D eigenvalue weighted by molar-refractivity contribution is 7.89. The van der Waals surface area contributed by atoms with Crippen LogP contribution in [0.2, 0.25) is 0 Å². The predicted molar refractivity (Wildman–Crippen MR) is 107 cm³/mol. The molecule has 0 atom stereocenters. The van der Waals surface area contributed by atoms with Gasteiger partial charge in [0, 0.05) is 18.7 Å². The summed E-state index contributed by atoms with van der Waals surface area (Å²) >= 11 is 1.27. The Labute approximate surface area is 161 Å². The summed E-state index contributed by atoms with van der Waals surface area (Å²) in [4.78, 5) is 16.9. The summed E-state index contributed by atoms with van der Waals surface area (Å²) in [6, 6.07) is 13.8. The Hall–Kier alpha value is -2.29. The number of hydrogen-bond acceptors (Lipinski definition) is 5. The minimum atomic E-state index is -3.49. The van der Waals surface area contributed by atoms with Crippen molar-refractivity contribution in [3.8, 4) is 0 Å². The van der Waals surface area contributed by atoms with Crippen LogP contribution in [-0.4, -0.2) is 36.7 Å². The molecule has 2 heterocycles. The smallest absolute Gasteiger partial charge is 0.257 e. The molecule has 1 amide bonds. The van der Waals surface area contributed by atoms with E-state index in [1.54, 1.807) is 46.8 Å². The molecule has 1 fully saturated rings. The van der Waals surface area contributed by atoms with E-state index in [0.29, 0.717) is 29.3 Å². The normalized spacial score (nSPS) is 15.7. The molecule has 0 radical (unpaired) electrons. The van der Waals surface area contributed by atoms with Gasteiger partial charge in [-0.15, -0.1) is 0 Å². The molecule has 1 N–H and O–H groups in total. The Morgan fingerprint density at radius 3 is 2.52 bits per heavy atom. The first-order chi connectivity index (χ1) is 13.0. The quantitative estimate of drug-likeness (QED) is 0.723. The number of rotatable bonds is 4. The predicted octanol–water partition coefficient (Wildman–Crippen LogP) is 3.72. The van der Waals surface area contributed by atoms with Crippen molar-refractivity contribution in [2.24, 2.45) is 0 Å². The van der Waals surface area contributed by atoms with Gasteiger partial charge in [0.25, 0.3) is 5.91 Å². The lowest BCUT2D eigenvalue weighted by Gasteiger charge is -2.25. The third-order valence-corrected chi connectivity index (χ3v) is 7.40. The van der Waals surface area contributed by atoms with Crippen molar-refractivity contribution in [3.63, 3.8) is 0 Å². The van der Waals surface area contributed by atoms with E-state index in [0.717, 1.165) is 24.0 Å². The Morgan fingerprint density at radius 2 is 1.78 bits per heavy atom. The maximum absolute atomic E-state index is 12.8. The molecule has 27 heavy (non-hydrogen) atoms. The van der Waals surface area contributed by atoms with E-state index in [9.17, 15) is 13.2 Å². The van der Waals surface area contributed by atoms with Gasteiger partial charge in [0.05, 0.1) is 15.1 Å². The van der Waals surface area contributed by atoms with Crippen LogP contribution in [0.1, 0.15) is 29.6 Å². The Kier molecular flexibility index (Phi) is 4.94. The van der Waals surface area contributed by atoms with Gasteiger partial charge in [0.1, 0.15) is 0 Å². The van der Waals surface area contributed by atoms with Gasteiger partial charge in [-0.05, 0) is 43.2 Å². The van der Waals surface area contributed by atoms with Gasteiger partial charge in [-0.2, -0.15) is 4.31 Å². The molecule has 6 nitrogen and oxygen atoms in total. The lowest BCUT2D eigenvalue weighted by atomic mass is 10.2. The van der Waals surface area contributed by atoms with Crippen molar-refractivity contribution in [2.75, 3.05) is 18.4 Å². The monoisotopic (exact) mass is 401 g/mol. The Balaban J connectivity index is 1.59. The van der Waals surface area contributed by atoms with Gasteiger partial charge in [-0.25, -0.2) is 13.4 Å². The van der Waals surface area contributed by atoms with Gasteiger partial charge in [-0.1, -0.05) is 36.0 Å². The van der Waals surface area contributed by atoms with E-state index in [-0.39, 0.29) is 10.8 Å². The number of carbonyl (C=O) groups excluding carboxylic acids is 1. The first-order valence-corrected chi connectivity index (χ1v) is 11.1. The van der Waals surface area contributed by atoms with Crippen molar-refractivity contribution in [1.82, 2.24) is 9.29 Å². The number of amides is 1. The average molecular weight is 402 g/mol. The molecule has 0 aliphatic carbocycles. The fourth-order valence-corrected chi connectivity index (χ4v) is 5.65. The molecule has 3 aromatic rings. The van der Waals surface area contributed by atoms with Crippen LogP contribution in [0, 0.1) is 0 Å². The largest absolute Gasteiger partial charge is 0.298 e. The van der Waals surface area contributed by atoms with Crippen LogP contribution < -0.4 is 5.32 Å². The lowest BCUT2D eigenvalue weighted by molar-refractivity contribution is 0.102. The molecule has 1 saturated heterocycles. The maximum atomic E-state index is 12.8. The van der Waals surface area contributed by atoms with Gasteiger partial charge in [0.15, 0.2) is 5.13 Å². The first-order valence-electron chi connectivity index (χ1n) is 8.81. The number of thiazole rings is 1. The number of benzene rings is 2. The van der Waals surface area contributed by atoms with Crippen molar-refractivity contribution in [3.05, 3.63) is 54.1 Å². The fourth-order valence-electron chi connectivity index (χ4n) is 3.13. The summed E-state index contributed by atoms with van der Waals surface area (Å²) in [6.07, 6.45) is 2.87. The summed E-state index contributed by atoms with van der Waals surface area (Å²) < 4.78 is 28.0.